The van der Waals surface area contributed by atoms with Gasteiger partial charge in [-0.2, -0.15) is 0 Å². The van der Waals surface area contributed by atoms with Gasteiger partial charge in [-0.25, -0.2) is 9.59 Å². The minimum atomic E-state index is -0.667. The van der Waals surface area contributed by atoms with Gasteiger partial charge in [0.15, 0.2) is 6.61 Å². The first-order valence-electron chi connectivity index (χ1n) is 7.35. The number of hydrogen-bond donors (Lipinski definition) is 1. The van der Waals surface area contributed by atoms with Crippen LogP contribution in [0.5, 0.6) is 5.75 Å². The van der Waals surface area contributed by atoms with Gasteiger partial charge in [-0.05, 0) is 30.7 Å². The van der Waals surface area contributed by atoms with Crippen molar-refractivity contribution >= 4 is 45.8 Å². The molecule has 0 saturated carbocycles. The second-order valence-corrected chi connectivity index (χ2v) is 6.49. The third-order valence-corrected chi connectivity index (χ3v) is 4.75. The highest BCUT2D eigenvalue weighted by atomic mass is 35.5. The van der Waals surface area contributed by atoms with Crippen LogP contribution in [0.2, 0.25) is 5.02 Å². The number of methoxy groups -OCH3 is 2. The Hall–Kier alpha value is -2.58. The number of carbonyl (C=O) groups is 3. The van der Waals surface area contributed by atoms with E-state index in [4.69, 9.17) is 21.1 Å². The van der Waals surface area contributed by atoms with Gasteiger partial charge in [0.1, 0.15) is 15.6 Å². The van der Waals surface area contributed by atoms with Crippen LogP contribution in [0.1, 0.15) is 25.6 Å². The van der Waals surface area contributed by atoms with Crippen LogP contribution in [0.25, 0.3) is 0 Å². The van der Waals surface area contributed by atoms with E-state index in [0.717, 1.165) is 11.3 Å². The Morgan fingerprint density at radius 3 is 2.46 bits per heavy atom. The Balaban J connectivity index is 2.17. The first-order valence-corrected chi connectivity index (χ1v) is 8.55. The van der Waals surface area contributed by atoms with Crippen LogP contribution < -0.4 is 10.1 Å². The molecule has 26 heavy (non-hydrogen) atoms. The van der Waals surface area contributed by atoms with E-state index in [1.54, 1.807) is 31.2 Å². The normalized spacial score (nSPS) is 10.2. The molecule has 1 N–H and O–H groups in total. The number of rotatable bonds is 6. The van der Waals surface area contributed by atoms with Crippen molar-refractivity contribution in [2.75, 3.05) is 26.1 Å². The number of thiophene rings is 1. The van der Waals surface area contributed by atoms with E-state index in [9.17, 15) is 14.4 Å². The molecule has 9 heteroatoms. The third-order valence-electron chi connectivity index (χ3n) is 3.33. The SMILES string of the molecule is COC(=O)c1sc(NC(=O)COc2cccc(Cl)c2)c(C(=O)OC)c1C. The Labute approximate surface area is 158 Å². The van der Waals surface area contributed by atoms with Gasteiger partial charge in [0, 0.05) is 5.02 Å². The third kappa shape index (κ3) is 4.53. The Kier molecular flexibility index (Phi) is 6.59. The maximum Gasteiger partial charge on any atom is 0.348 e. The van der Waals surface area contributed by atoms with Crippen LogP contribution in [0, 0.1) is 6.92 Å². The quantitative estimate of drug-likeness (QED) is 0.752. The number of hydrogen-bond acceptors (Lipinski definition) is 7. The van der Waals surface area contributed by atoms with Gasteiger partial charge in [0.25, 0.3) is 5.91 Å². The van der Waals surface area contributed by atoms with Crippen molar-refractivity contribution in [3.63, 3.8) is 0 Å². The lowest BCUT2D eigenvalue weighted by Gasteiger charge is -2.08. The summed E-state index contributed by atoms with van der Waals surface area (Å²) >= 11 is 6.78. The van der Waals surface area contributed by atoms with Crippen molar-refractivity contribution in [3.05, 3.63) is 45.3 Å². The summed E-state index contributed by atoms with van der Waals surface area (Å²) in [5.41, 5.74) is 0.480. The molecule has 1 aromatic heterocycles. The summed E-state index contributed by atoms with van der Waals surface area (Å²) in [6.45, 7) is 1.28. The molecule has 0 saturated heterocycles. The molecule has 2 aromatic rings. The van der Waals surface area contributed by atoms with Gasteiger partial charge in [0.05, 0.1) is 19.8 Å². The van der Waals surface area contributed by atoms with E-state index in [0.29, 0.717) is 16.3 Å². The lowest BCUT2D eigenvalue weighted by atomic mass is 10.1. The van der Waals surface area contributed by atoms with E-state index in [1.165, 1.54) is 14.2 Å². The largest absolute Gasteiger partial charge is 0.484 e. The highest BCUT2D eigenvalue weighted by Gasteiger charge is 2.26. The van der Waals surface area contributed by atoms with Crippen molar-refractivity contribution in [2.24, 2.45) is 0 Å². The molecule has 138 valence electrons. The molecule has 0 spiro atoms. The Morgan fingerprint density at radius 1 is 1.15 bits per heavy atom. The van der Waals surface area contributed by atoms with Crippen LogP contribution in [0.4, 0.5) is 5.00 Å². The maximum atomic E-state index is 12.2. The Morgan fingerprint density at radius 2 is 1.85 bits per heavy atom. The molecule has 1 heterocycles. The molecule has 0 aliphatic rings. The lowest BCUT2D eigenvalue weighted by molar-refractivity contribution is -0.118. The number of esters is 2. The fraction of sp³-hybridized carbons (Fsp3) is 0.235. The Bertz CT molecular complexity index is 848. The first kappa shape index (κ1) is 19.7. The predicted octanol–water partition coefficient (Wildman–Crippen LogP) is 3.30. The molecule has 0 aliphatic heterocycles. The summed E-state index contributed by atoms with van der Waals surface area (Å²) in [5.74, 6) is -1.35. The van der Waals surface area contributed by atoms with Crippen molar-refractivity contribution in [1.82, 2.24) is 0 Å². The van der Waals surface area contributed by atoms with Crippen LogP contribution in [-0.4, -0.2) is 38.7 Å². The molecule has 0 fully saturated rings. The molecule has 0 atom stereocenters. The smallest absolute Gasteiger partial charge is 0.348 e. The van der Waals surface area contributed by atoms with Crippen molar-refractivity contribution in [3.8, 4) is 5.75 Å². The van der Waals surface area contributed by atoms with Gasteiger partial charge in [-0.3, -0.25) is 4.79 Å². The number of nitrogens with one attached hydrogen (secondary N) is 1. The van der Waals surface area contributed by atoms with Crippen LogP contribution >= 0.6 is 22.9 Å². The fourth-order valence-corrected chi connectivity index (χ4v) is 3.41. The second-order valence-electron chi connectivity index (χ2n) is 5.04. The molecule has 0 aliphatic carbocycles. The van der Waals surface area contributed by atoms with Gasteiger partial charge < -0.3 is 19.5 Å². The number of amides is 1. The predicted molar refractivity (Wildman–Crippen MR) is 97.3 cm³/mol. The summed E-state index contributed by atoms with van der Waals surface area (Å²) in [6, 6.07) is 6.60. The fourth-order valence-electron chi connectivity index (χ4n) is 2.11. The standard InChI is InChI=1S/C17H16ClNO6S/c1-9-13(16(21)23-2)15(26-14(9)17(22)24-3)19-12(20)8-25-11-6-4-5-10(18)7-11/h4-7H,8H2,1-3H3,(H,19,20). The minimum Gasteiger partial charge on any atom is -0.484 e. The number of ether oxygens (including phenoxy) is 3. The second kappa shape index (κ2) is 8.68. The average molecular weight is 398 g/mol. The summed E-state index contributed by atoms with van der Waals surface area (Å²) in [4.78, 5) is 36.2. The van der Waals surface area contributed by atoms with Crippen molar-refractivity contribution in [1.29, 1.82) is 0 Å². The molecular formula is C17H16ClNO6S. The highest BCUT2D eigenvalue weighted by Crippen LogP contribution is 2.34. The summed E-state index contributed by atoms with van der Waals surface area (Å²) in [6.07, 6.45) is 0. The molecule has 1 amide bonds. The summed E-state index contributed by atoms with van der Waals surface area (Å²) in [7, 11) is 2.45. The highest BCUT2D eigenvalue weighted by molar-refractivity contribution is 7.18. The molecular weight excluding hydrogens is 382 g/mol. The first-order chi connectivity index (χ1) is 12.4. The molecule has 7 nitrogen and oxygen atoms in total. The zero-order chi connectivity index (χ0) is 19.3. The zero-order valence-electron chi connectivity index (χ0n) is 14.3. The number of carbonyl (C=O) groups excluding carboxylic acids is 3. The molecule has 0 unspecified atom stereocenters. The van der Waals surface area contributed by atoms with Crippen molar-refractivity contribution < 1.29 is 28.6 Å². The van der Waals surface area contributed by atoms with Gasteiger partial charge in [0.2, 0.25) is 0 Å². The zero-order valence-corrected chi connectivity index (χ0v) is 15.8. The van der Waals surface area contributed by atoms with E-state index < -0.39 is 17.8 Å². The van der Waals surface area contributed by atoms with Gasteiger partial charge in [-0.1, -0.05) is 17.7 Å². The molecule has 0 bridgehead atoms. The van der Waals surface area contributed by atoms with Crippen LogP contribution in [0.3, 0.4) is 0 Å². The number of halogens is 1. The maximum absolute atomic E-state index is 12.2. The summed E-state index contributed by atoms with van der Waals surface area (Å²) in [5, 5.41) is 3.23. The van der Waals surface area contributed by atoms with Crippen LogP contribution in [-0.2, 0) is 14.3 Å². The lowest BCUT2D eigenvalue weighted by Crippen LogP contribution is -2.21. The van der Waals surface area contributed by atoms with E-state index in [-0.39, 0.29) is 22.0 Å². The number of benzene rings is 1. The van der Waals surface area contributed by atoms with Gasteiger partial charge in [-0.15, -0.1) is 11.3 Å². The molecule has 0 radical (unpaired) electrons. The number of anilines is 1. The van der Waals surface area contributed by atoms with E-state index in [1.807, 2.05) is 0 Å². The monoisotopic (exact) mass is 397 g/mol. The molecule has 2 rings (SSSR count). The minimum absolute atomic E-state index is 0.106. The summed E-state index contributed by atoms with van der Waals surface area (Å²) < 4.78 is 14.8. The van der Waals surface area contributed by atoms with E-state index >= 15 is 0 Å². The van der Waals surface area contributed by atoms with E-state index in [2.05, 4.69) is 10.1 Å². The van der Waals surface area contributed by atoms with Gasteiger partial charge >= 0.3 is 11.9 Å². The molecule has 1 aromatic carbocycles. The topological polar surface area (TPSA) is 90.9 Å². The average Bonchev–Trinajstić information content (AvgIpc) is 2.94. The van der Waals surface area contributed by atoms with Crippen LogP contribution in [0.15, 0.2) is 24.3 Å². The van der Waals surface area contributed by atoms with Crippen molar-refractivity contribution in [2.45, 2.75) is 6.92 Å².